The van der Waals surface area contributed by atoms with E-state index in [1.165, 1.54) is 0 Å². The van der Waals surface area contributed by atoms with Crippen LogP contribution in [0, 0.1) is 0 Å². The highest BCUT2D eigenvalue weighted by Crippen LogP contribution is 2.22. The number of aryl methyl sites for hydroxylation is 1. The molecule has 0 saturated carbocycles. The summed E-state index contributed by atoms with van der Waals surface area (Å²) in [7, 11) is 0. The fourth-order valence-electron chi connectivity index (χ4n) is 2.00. The van der Waals surface area contributed by atoms with Crippen molar-refractivity contribution in [2.24, 2.45) is 0 Å². The summed E-state index contributed by atoms with van der Waals surface area (Å²) < 4.78 is 7.89. The fraction of sp³-hybridized carbons (Fsp3) is 0.200. The molecule has 3 heteroatoms. The number of pyridine rings is 1. The predicted molar refractivity (Wildman–Crippen MR) is 69.9 cm³/mol. The average molecular weight is 239 g/mol. The second-order valence-corrected chi connectivity index (χ2v) is 4.31. The molecule has 0 amide bonds. The van der Waals surface area contributed by atoms with Crippen LogP contribution in [0.15, 0.2) is 53.2 Å². The summed E-state index contributed by atoms with van der Waals surface area (Å²) in [6.07, 6.45) is 5.26. The van der Waals surface area contributed by atoms with Crippen molar-refractivity contribution >= 4 is 11.1 Å². The van der Waals surface area contributed by atoms with E-state index in [1.54, 1.807) is 0 Å². The quantitative estimate of drug-likeness (QED) is 0.657. The molecule has 0 atom stereocenters. The van der Waals surface area contributed by atoms with Crippen LogP contribution in [-0.4, -0.2) is 4.98 Å². The molecule has 0 N–H and O–H groups in total. The van der Waals surface area contributed by atoms with Crippen molar-refractivity contribution in [1.82, 2.24) is 4.98 Å². The molecule has 0 aliphatic heterocycles. The maximum absolute atomic E-state index is 5.73. The lowest BCUT2D eigenvalue weighted by Gasteiger charge is -1.95. The molecule has 3 nitrogen and oxygen atoms in total. The zero-order valence-corrected chi connectivity index (χ0v) is 10.3. The molecule has 0 bridgehead atoms. The van der Waals surface area contributed by atoms with Crippen LogP contribution in [0.1, 0.15) is 13.3 Å². The van der Waals surface area contributed by atoms with E-state index in [9.17, 15) is 0 Å². The number of benzene rings is 1. The lowest BCUT2D eigenvalue weighted by atomic mass is 10.2. The van der Waals surface area contributed by atoms with Crippen LogP contribution >= 0.6 is 0 Å². The van der Waals surface area contributed by atoms with Crippen molar-refractivity contribution in [2.45, 2.75) is 19.9 Å². The van der Waals surface area contributed by atoms with Gasteiger partial charge in [0, 0.05) is 24.1 Å². The van der Waals surface area contributed by atoms with E-state index in [2.05, 4.69) is 28.9 Å². The number of para-hydroxylation sites is 2. The largest absolute Gasteiger partial charge is 0.436 e. The van der Waals surface area contributed by atoms with Crippen LogP contribution in [0.3, 0.4) is 0 Å². The predicted octanol–water partition coefficient (Wildman–Crippen LogP) is 3.19. The second-order valence-electron chi connectivity index (χ2n) is 4.31. The van der Waals surface area contributed by atoms with E-state index in [1.807, 2.05) is 36.4 Å². The minimum absolute atomic E-state index is 0.680. The molecular weight excluding hydrogens is 224 g/mol. The molecule has 2 aromatic heterocycles. The average Bonchev–Trinajstić information content (AvgIpc) is 2.84. The Hall–Kier alpha value is -2.16. The summed E-state index contributed by atoms with van der Waals surface area (Å²) in [6.45, 7) is 3.20. The second kappa shape index (κ2) is 4.61. The lowest BCUT2D eigenvalue weighted by molar-refractivity contribution is -0.696. The molecule has 0 aliphatic carbocycles. The molecule has 0 aliphatic rings. The number of aromatic nitrogens is 2. The molecule has 3 rings (SSSR count). The third kappa shape index (κ3) is 1.99. The Balaban J connectivity index is 1.98. The van der Waals surface area contributed by atoms with Gasteiger partial charge in [-0.05, 0) is 12.1 Å². The van der Waals surface area contributed by atoms with Gasteiger partial charge in [-0.2, -0.15) is 0 Å². The van der Waals surface area contributed by atoms with Crippen molar-refractivity contribution < 1.29 is 8.98 Å². The highest BCUT2D eigenvalue weighted by Gasteiger charge is 2.09. The van der Waals surface area contributed by atoms with Gasteiger partial charge < -0.3 is 4.42 Å². The van der Waals surface area contributed by atoms with Gasteiger partial charge in [0.05, 0.1) is 0 Å². The first-order valence-electron chi connectivity index (χ1n) is 6.22. The Labute approximate surface area is 106 Å². The van der Waals surface area contributed by atoms with Crippen LogP contribution in [0.25, 0.3) is 22.6 Å². The Morgan fingerprint density at radius 1 is 1.11 bits per heavy atom. The van der Waals surface area contributed by atoms with Gasteiger partial charge in [0.1, 0.15) is 12.1 Å². The Kier molecular flexibility index (Phi) is 2.81. The van der Waals surface area contributed by atoms with E-state index < -0.39 is 0 Å². The first kappa shape index (κ1) is 11.0. The smallest absolute Gasteiger partial charge is 0.227 e. The molecule has 3 aromatic rings. The first-order chi connectivity index (χ1) is 8.86. The van der Waals surface area contributed by atoms with Crippen molar-refractivity contribution in [3.8, 4) is 11.5 Å². The van der Waals surface area contributed by atoms with Gasteiger partial charge in [-0.3, -0.25) is 0 Å². The SMILES string of the molecule is CCC[n+]1ccc(-c2nc3ccccc3o2)cc1. The van der Waals surface area contributed by atoms with Gasteiger partial charge in [0.25, 0.3) is 0 Å². The number of nitrogens with zero attached hydrogens (tertiary/aromatic N) is 2. The van der Waals surface area contributed by atoms with Crippen LogP contribution in [0.2, 0.25) is 0 Å². The van der Waals surface area contributed by atoms with Crippen LogP contribution in [0.4, 0.5) is 0 Å². The summed E-state index contributed by atoms with van der Waals surface area (Å²) >= 11 is 0. The first-order valence-corrected chi connectivity index (χ1v) is 6.22. The third-order valence-corrected chi connectivity index (χ3v) is 2.91. The molecule has 0 fully saturated rings. The van der Waals surface area contributed by atoms with E-state index in [0.29, 0.717) is 5.89 Å². The molecular formula is C15H15N2O+. The maximum Gasteiger partial charge on any atom is 0.227 e. The third-order valence-electron chi connectivity index (χ3n) is 2.91. The topological polar surface area (TPSA) is 29.9 Å². The summed E-state index contributed by atoms with van der Waals surface area (Å²) in [5, 5.41) is 0. The number of fused-ring (bicyclic) bond motifs is 1. The zero-order valence-electron chi connectivity index (χ0n) is 10.3. The van der Waals surface area contributed by atoms with Gasteiger partial charge in [0.15, 0.2) is 18.0 Å². The summed E-state index contributed by atoms with van der Waals surface area (Å²) in [5.41, 5.74) is 2.74. The fourth-order valence-corrected chi connectivity index (χ4v) is 2.00. The number of oxazole rings is 1. The molecule has 1 aromatic carbocycles. The molecule has 0 radical (unpaired) electrons. The summed E-state index contributed by atoms with van der Waals surface area (Å²) in [4.78, 5) is 4.48. The van der Waals surface area contributed by atoms with Crippen molar-refractivity contribution in [1.29, 1.82) is 0 Å². The highest BCUT2D eigenvalue weighted by atomic mass is 16.3. The van der Waals surface area contributed by atoms with Gasteiger partial charge >= 0.3 is 0 Å². The van der Waals surface area contributed by atoms with E-state index in [-0.39, 0.29) is 0 Å². The normalized spacial score (nSPS) is 10.9. The molecule has 2 heterocycles. The summed E-state index contributed by atoms with van der Waals surface area (Å²) in [5.74, 6) is 0.680. The molecule has 18 heavy (non-hydrogen) atoms. The van der Waals surface area contributed by atoms with E-state index in [0.717, 1.165) is 29.6 Å². The van der Waals surface area contributed by atoms with E-state index in [4.69, 9.17) is 4.42 Å². The summed E-state index contributed by atoms with van der Waals surface area (Å²) in [6, 6.07) is 11.9. The Bertz CT molecular complexity index is 623. The minimum atomic E-state index is 0.680. The Morgan fingerprint density at radius 3 is 2.61 bits per heavy atom. The van der Waals surface area contributed by atoms with Crippen molar-refractivity contribution in [3.63, 3.8) is 0 Å². The number of hydrogen-bond acceptors (Lipinski definition) is 2. The van der Waals surface area contributed by atoms with Gasteiger partial charge in [-0.1, -0.05) is 19.1 Å². The molecule has 90 valence electrons. The Morgan fingerprint density at radius 2 is 1.89 bits per heavy atom. The van der Waals surface area contributed by atoms with Crippen molar-refractivity contribution in [3.05, 3.63) is 48.8 Å². The highest BCUT2D eigenvalue weighted by molar-refractivity contribution is 5.75. The van der Waals surface area contributed by atoms with Gasteiger partial charge in [0.2, 0.25) is 5.89 Å². The minimum Gasteiger partial charge on any atom is -0.436 e. The number of rotatable bonds is 3. The van der Waals surface area contributed by atoms with Crippen LogP contribution < -0.4 is 4.57 Å². The molecule has 0 spiro atoms. The lowest BCUT2D eigenvalue weighted by Crippen LogP contribution is -2.31. The van der Waals surface area contributed by atoms with Crippen molar-refractivity contribution in [2.75, 3.05) is 0 Å². The number of hydrogen-bond donors (Lipinski definition) is 0. The molecule has 0 saturated heterocycles. The van der Waals surface area contributed by atoms with Gasteiger partial charge in [-0.25, -0.2) is 9.55 Å². The van der Waals surface area contributed by atoms with Crippen LogP contribution in [-0.2, 0) is 6.54 Å². The zero-order chi connectivity index (χ0) is 12.4. The van der Waals surface area contributed by atoms with E-state index >= 15 is 0 Å². The standard InChI is InChI=1S/C15H15N2O/c1-2-9-17-10-7-12(8-11-17)15-16-13-5-3-4-6-14(13)18-15/h3-8,10-11H,2,9H2,1H3/q+1. The molecule has 0 unspecified atom stereocenters. The van der Waals surface area contributed by atoms with Gasteiger partial charge in [-0.15, -0.1) is 0 Å². The van der Waals surface area contributed by atoms with Crippen LogP contribution in [0.5, 0.6) is 0 Å². The monoisotopic (exact) mass is 239 g/mol. The maximum atomic E-state index is 5.73.